The van der Waals surface area contributed by atoms with Crippen LogP contribution in [0.1, 0.15) is 46.1 Å². The molecule has 1 saturated heterocycles. The quantitative estimate of drug-likeness (QED) is 0.893. The lowest BCUT2D eigenvalue weighted by Gasteiger charge is -2.48. The average molecular weight is 260 g/mol. The molecule has 0 bridgehead atoms. The highest BCUT2D eigenvalue weighted by Crippen LogP contribution is 2.28. The lowest BCUT2D eigenvalue weighted by molar-refractivity contribution is 0.0506. The Labute approximate surface area is 118 Å². The molecule has 0 saturated carbocycles. The molecule has 2 atom stereocenters. The van der Waals surface area contributed by atoms with Gasteiger partial charge in [0.25, 0.3) is 0 Å². The molecule has 106 valence electrons. The predicted octanol–water partition coefficient (Wildman–Crippen LogP) is 3.38. The van der Waals surface area contributed by atoms with Crippen LogP contribution in [0.25, 0.3) is 0 Å². The highest BCUT2D eigenvalue weighted by molar-refractivity contribution is 5.25. The summed E-state index contributed by atoms with van der Waals surface area (Å²) in [5, 5.41) is 3.75. The zero-order valence-corrected chi connectivity index (χ0v) is 12.8. The van der Waals surface area contributed by atoms with Gasteiger partial charge >= 0.3 is 0 Å². The molecule has 2 unspecified atom stereocenters. The fraction of sp³-hybridized carbons (Fsp3) is 0.647. The summed E-state index contributed by atoms with van der Waals surface area (Å²) in [5.41, 5.74) is 1.48. The van der Waals surface area contributed by atoms with Gasteiger partial charge in [0, 0.05) is 25.2 Å². The first-order valence-corrected chi connectivity index (χ1v) is 7.67. The molecule has 1 aliphatic rings. The van der Waals surface area contributed by atoms with Gasteiger partial charge in [0.05, 0.1) is 5.54 Å². The van der Waals surface area contributed by atoms with Gasteiger partial charge in [0.2, 0.25) is 0 Å². The largest absolute Gasteiger partial charge is 0.305 e. The second-order valence-electron chi connectivity index (χ2n) is 6.07. The molecule has 2 heteroatoms. The topological polar surface area (TPSA) is 15.3 Å². The monoisotopic (exact) mass is 260 g/mol. The molecule has 2 rings (SSSR count). The number of nitrogens with one attached hydrogen (secondary N) is 1. The molecule has 0 aliphatic carbocycles. The molecule has 1 fully saturated rings. The fourth-order valence-electron chi connectivity index (χ4n) is 3.31. The summed E-state index contributed by atoms with van der Waals surface area (Å²) in [4.78, 5) is 2.70. The summed E-state index contributed by atoms with van der Waals surface area (Å²) < 4.78 is 0. The van der Waals surface area contributed by atoms with Gasteiger partial charge in [0.1, 0.15) is 0 Å². The number of rotatable bonds is 4. The van der Waals surface area contributed by atoms with Crippen LogP contribution in [0, 0.1) is 0 Å². The summed E-state index contributed by atoms with van der Waals surface area (Å²) in [7, 11) is 0. The Morgan fingerprint density at radius 2 is 1.89 bits per heavy atom. The van der Waals surface area contributed by atoms with Crippen LogP contribution in [0.3, 0.4) is 0 Å². The molecule has 0 aromatic heterocycles. The van der Waals surface area contributed by atoms with E-state index in [0.717, 1.165) is 13.1 Å². The Morgan fingerprint density at radius 1 is 1.26 bits per heavy atom. The highest BCUT2D eigenvalue weighted by atomic mass is 15.3. The van der Waals surface area contributed by atoms with Gasteiger partial charge in [0.15, 0.2) is 0 Å². The standard InChI is InChI=1S/C17H28N2/c1-5-16(6-2)19-13-17(4,18-12-14(19)3)15-10-8-7-9-11-15/h7-11,14,16,18H,5-6,12-13H2,1-4H3. The smallest absolute Gasteiger partial charge is 0.0535 e. The maximum atomic E-state index is 3.75. The van der Waals surface area contributed by atoms with Gasteiger partial charge in [-0.15, -0.1) is 0 Å². The Balaban J connectivity index is 2.21. The first kappa shape index (κ1) is 14.5. The number of benzene rings is 1. The van der Waals surface area contributed by atoms with E-state index in [-0.39, 0.29) is 5.54 Å². The highest BCUT2D eigenvalue weighted by Gasteiger charge is 2.37. The van der Waals surface area contributed by atoms with E-state index in [4.69, 9.17) is 0 Å². The summed E-state index contributed by atoms with van der Waals surface area (Å²) >= 11 is 0. The van der Waals surface area contributed by atoms with Crippen LogP contribution in [0.5, 0.6) is 0 Å². The predicted molar refractivity (Wildman–Crippen MR) is 82.3 cm³/mol. The Bertz CT molecular complexity index is 386. The molecule has 1 N–H and O–H groups in total. The number of piperazine rings is 1. The van der Waals surface area contributed by atoms with Crippen LogP contribution < -0.4 is 5.32 Å². The van der Waals surface area contributed by atoms with Crippen molar-refractivity contribution in [2.24, 2.45) is 0 Å². The van der Waals surface area contributed by atoms with Crippen molar-refractivity contribution in [2.75, 3.05) is 13.1 Å². The van der Waals surface area contributed by atoms with E-state index in [1.54, 1.807) is 0 Å². The molecule has 1 aliphatic heterocycles. The second-order valence-corrected chi connectivity index (χ2v) is 6.07. The third kappa shape index (κ3) is 3.01. The van der Waals surface area contributed by atoms with E-state index >= 15 is 0 Å². The molecule has 1 aromatic rings. The number of hydrogen-bond acceptors (Lipinski definition) is 2. The minimum Gasteiger partial charge on any atom is -0.305 e. The summed E-state index contributed by atoms with van der Waals surface area (Å²) in [6.45, 7) is 11.5. The van der Waals surface area contributed by atoms with E-state index in [1.165, 1.54) is 18.4 Å². The van der Waals surface area contributed by atoms with Crippen LogP contribution >= 0.6 is 0 Å². The zero-order chi connectivity index (χ0) is 13.9. The van der Waals surface area contributed by atoms with E-state index < -0.39 is 0 Å². The zero-order valence-electron chi connectivity index (χ0n) is 12.8. The van der Waals surface area contributed by atoms with Crippen LogP contribution in [-0.2, 0) is 5.54 Å². The van der Waals surface area contributed by atoms with E-state index in [2.05, 4.69) is 68.2 Å². The van der Waals surface area contributed by atoms with E-state index in [1.807, 2.05) is 0 Å². The first-order chi connectivity index (χ1) is 9.10. The molecule has 19 heavy (non-hydrogen) atoms. The summed E-state index contributed by atoms with van der Waals surface area (Å²) in [5.74, 6) is 0. The Morgan fingerprint density at radius 3 is 2.47 bits per heavy atom. The average Bonchev–Trinajstić information content (AvgIpc) is 2.45. The van der Waals surface area contributed by atoms with Crippen molar-refractivity contribution in [3.05, 3.63) is 35.9 Å². The van der Waals surface area contributed by atoms with E-state index in [0.29, 0.717) is 12.1 Å². The first-order valence-electron chi connectivity index (χ1n) is 7.67. The second kappa shape index (κ2) is 6.06. The van der Waals surface area contributed by atoms with E-state index in [9.17, 15) is 0 Å². The molecule has 1 heterocycles. The van der Waals surface area contributed by atoms with Crippen molar-refractivity contribution in [3.63, 3.8) is 0 Å². The van der Waals surface area contributed by atoms with Gasteiger partial charge in [-0.05, 0) is 32.3 Å². The van der Waals surface area contributed by atoms with Gasteiger partial charge in [-0.1, -0.05) is 44.2 Å². The fourth-order valence-corrected chi connectivity index (χ4v) is 3.31. The van der Waals surface area contributed by atoms with Crippen molar-refractivity contribution in [2.45, 2.75) is 58.2 Å². The van der Waals surface area contributed by atoms with Crippen molar-refractivity contribution in [3.8, 4) is 0 Å². The van der Waals surface area contributed by atoms with Crippen molar-refractivity contribution in [1.29, 1.82) is 0 Å². The Kier molecular flexibility index (Phi) is 4.64. The molecule has 2 nitrogen and oxygen atoms in total. The maximum absolute atomic E-state index is 3.75. The normalized spacial score (nSPS) is 28.8. The molecular formula is C17H28N2. The van der Waals surface area contributed by atoms with Crippen LogP contribution in [0.15, 0.2) is 30.3 Å². The third-order valence-electron chi connectivity index (χ3n) is 4.68. The summed E-state index contributed by atoms with van der Waals surface area (Å²) in [6, 6.07) is 12.2. The Hall–Kier alpha value is -0.860. The number of hydrogen-bond donors (Lipinski definition) is 1. The van der Waals surface area contributed by atoms with Gasteiger partial charge in [-0.3, -0.25) is 4.90 Å². The maximum Gasteiger partial charge on any atom is 0.0535 e. The van der Waals surface area contributed by atoms with Crippen molar-refractivity contribution in [1.82, 2.24) is 10.2 Å². The SMILES string of the molecule is CCC(CC)N1CC(C)(c2ccccc2)NCC1C. The minimum absolute atomic E-state index is 0.0797. The number of nitrogens with zero attached hydrogens (tertiary/aromatic N) is 1. The lowest BCUT2D eigenvalue weighted by Crippen LogP contribution is -2.62. The molecule has 0 amide bonds. The molecular weight excluding hydrogens is 232 g/mol. The van der Waals surface area contributed by atoms with Crippen molar-refractivity contribution >= 4 is 0 Å². The van der Waals surface area contributed by atoms with Crippen LogP contribution in [-0.4, -0.2) is 30.1 Å². The molecule has 1 aromatic carbocycles. The van der Waals surface area contributed by atoms with Gasteiger partial charge in [-0.25, -0.2) is 0 Å². The van der Waals surface area contributed by atoms with Crippen LogP contribution in [0.2, 0.25) is 0 Å². The minimum atomic E-state index is 0.0797. The molecule has 0 spiro atoms. The summed E-state index contributed by atoms with van der Waals surface area (Å²) in [6.07, 6.45) is 2.48. The van der Waals surface area contributed by atoms with Crippen LogP contribution in [0.4, 0.5) is 0 Å². The molecule has 0 radical (unpaired) electrons. The van der Waals surface area contributed by atoms with Gasteiger partial charge in [-0.2, -0.15) is 0 Å². The lowest BCUT2D eigenvalue weighted by atomic mass is 9.87. The third-order valence-corrected chi connectivity index (χ3v) is 4.68. The van der Waals surface area contributed by atoms with Gasteiger partial charge < -0.3 is 5.32 Å². The van der Waals surface area contributed by atoms with Crippen molar-refractivity contribution < 1.29 is 0 Å².